The van der Waals surface area contributed by atoms with Crippen LogP contribution in [0.4, 0.5) is 0 Å². The summed E-state index contributed by atoms with van der Waals surface area (Å²) >= 11 is 0. The van der Waals surface area contributed by atoms with Crippen LogP contribution in [0.25, 0.3) is 10.8 Å². The molecule has 106 valence electrons. The average Bonchev–Trinajstić information content (AvgIpc) is 2.45. The molecule has 0 aliphatic carbocycles. The Balaban J connectivity index is 2.79. The van der Waals surface area contributed by atoms with Crippen LogP contribution in [-0.4, -0.2) is 36.1 Å². The Bertz CT molecular complexity index is 766. The van der Waals surface area contributed by atoms with Gasteiger partial charge in [-0.25, -0.2) is 13.2 Å². The quantitative estimate of drug-likeness (QED) is 0.749. The Labute approximate surface area is 115 Å². The van der Waals surface area contributed by atoms with Gasteiger partial charge < -0.3 is 15.9 Å². The first kappa shape index (κ1) is 14.4. The van der Waals surface area contributed by atoms with Crippen molar-refractivity contribution in [3.8, 4) is 0 Å². The van der Waals surface area contributed by atoms with Gasteiger partial charge in [-0.2, -0.15) is 0 Å². The van der Waals surface area contributed by atoms with Gasteiger partial charge in [0.15, 0.2) is 0 Å². The minimum absolute atomic E-state index is 0.213. The van der Waals surface area contributed by atoms with Crippen LogP contribution >= 0.6 is 0 Å². The summed E-state index contributed by atoms with van der Waals surface area (Å²) in [6.45, 7) is -1.21. The number of carbonyl (C=O) groups is 1. The van der Waals surface area contributed by atoms with E-state index in [-0.39, 0.29) is 4.90 Å². The largest absolute Gasteiger partial charge is 0.479 e. The molecule has 6 nitrogen and oxygen atoms in total. The van der Waals surface area contributed by atoms with Gasteiger partial charge in [0, 0.05) is 5.39 Å². The topological polar surface area (TPSA) is 118 Å². The van der Waals surface area contributed by atoms with Crippen molar-refractivity contribution >= 4 is 26.6 Å². The van der Waals surface area contributed by atoms with E-state index >= 15 is 0 Å². The summed E-state index contributed by atoms with van der Waals surface area (Å²) in [5.41, 5.74) is 5.40. The average molecular weight is 295 g/mol. The van der Waals surface area contributed by atoms with E-state index in [4.69, 9.17) is 15.9 Å². The number of aliphatic hydroxyl groups excluding tert-OH is 1. The minimum atomic E-state index is -4.45. The second kappa shape index (κ2) is 4.86. The van der Waals surface area contributed by atoms with E-state index in [9.17, 15) is 13.2 Å². The monoisotopic (exact) mass is 295 g/mol. The van der Waals surface area contributed by atoms with Gasteiger partial charge in [0.25, 0.3) is 0 Å². The fourth-order valence-corrected chi connectivity index (χ4v) is 3.42. The summed E-state index contributed by atoms with van der Waals surface area (Å²) < 4.78 is 24.9. The SMILES string of the molecule is N[C@@](CO)(C(=O)O)S(=O)(=O)c1cccc2ccccc12. The number of benzene rings is 2. The van der Waals surface area contributed by atoms with Gasteiger partial charge in [0.2, 0.25) is 14.7 Å². The standard InChI is InChI=1S/C13H13NO5S/c14-13(8-15,12(16)17)20(18,19)11-7-3-5-9-4-1-2-6-10(9)11/h1-7,15H,8,14H2,(H,16,17)/t13-/m1/s1. The third-order valence-corrected chi connectivity index (χ3v) is 5.31. The summed E-state index contributed by atoms with van der Waals surface area (Å²) in [4.78, 5) is 8.16. The molecular weight excluding hydrogens is 282 g/mol. The zero-order valence-corrected chi connectivity index (χ0v) is 11.2. The second-order valence-corrected chi connectivity index (χ2v) is 6.51. The summed E-state index contributed by atoms with van der Waals surface area (Å²) in [5.74, 6) is -1.80. The van der Waals surface area contributed by atoms with Crippen molar-refractivity contribution in [2.24, 2.45) is 5.73 Å². The van der Waals surface area contributed by atoms with E-state index in [2.05, 4.69) is 0 Å². The van der Waals surface area contributed by atoms with E-state index in [1.54, 1.807) is 30.3 Å². The summed E-state index contributed by atoms with van der Waals surface area (Å²) in [6.07, 6.45) is 0. The Morgan fingerprint density at radius 2 is 1.75 bits per heavy atom. The molecule has 20 heavy (non-hydrogen) atoms. The number of carboxylic acids is 1. The van der Waals surface area contributed by atoms with Crippen molar-refractivity contribution in [1.29, 1.82) is 0 Å². The molecule has 0 aromatic heterocycles. The van der Waals surface area contributed by atoms with Gasteiger partial charge in [-0.1, -0.05) is 36.4 Å². The number of nitrogens with two attached hydrogens (primary N) is 1. The van der Waals surface area contributed by atoms with Gasteiger partial charge in [0.05, 0.1) is 11.5 Å². The van der Waals surface area contributed by atoms with Crippen molar-refractivity contribution in [3.63, 3.8) is 0 Å². The maximum absolute atomic E-state index is 12.5. The minimum Gasteiger partial charge on any atom is -0.479 e. The summed E-state index contributed by atoms with van der Waals surface area (Å²) in [7, 11) is -4.45. The molecule has 0 spiro atoms. The number of hydrogen-bond donors (Lipinski definition) is 3. The van der Waals surface area contributed by atoms with Crippen LogP contribution in [0.3, 0.4) is 0 Å². The van der Waals surface area contributed by atoms with Gasteiger partial charge in [-0.15, -0.1) is 0 Å². The Morgan fingerprint density at radius 3 is 2.35 bits per heavy atom. The molecule has 0 saturated heterocycles. The van der Waals surface area contributed by atoms with Crippen LogP contribution in [0.2, 0.25) is 0 Å². The lowest BCUT2D eigenvalue weighted by Gasteiger charge is -2.23. The molecule has 0 fully saturated rings. The Morgan fingerprint density at radius 1 is 1.15 bits per heavy atom. The van der Waals surface area contributed by atoms with Crippen molar-refractivity contribution < 1.29 is 23.4 Å². The van der Waals surface area contributed by atoms with Crippen LogP contribution in [0.15, 0.2) is 47.4 Å². The molecule has 0 radical (unpaired) electrons. The Kier molecular flexibility index (Phi) is 3.51. The van der Waals surface area contributed by atoms with Crippen LogP contribution in [0.5, 0.6) is 0 Å². The van der Waals surface area contributed by atoms with Crippen molar-refractivity contribution in [1.82, 2.24) is 0 Å². The lowest BCUT2D eigenvalue weighted by atomic mass is 10.1. The van der Waals surface area contributed by atoms with Gasteiger partial charge in [-0.05, 0) is 11.5 Å². The lowest BCUT2D eigenvalue weighted by molar-refractivity contribution is -0.141. The van der Waals surface area contributed by atoms with Crippen LogP contribution in [0.1, 0.15) is 0 Å². The first-order valence-electron chi connectivity index (χ1n) is 5.70. The smallest absolute Gasteiger partial charge is 0.342 e. The van der Waals surface area contributed by atoms with E-state index in [0.717, 1.165) is 0 Å². The number of fused-ring (bicyclic) bond motifs is 1. The molecule has 2 aromatic carbocycles. The maximum atomic E-state index is 12.5. The van der Waals surface area contributed by atoms with Crippen molar-refractivity contribution in [2.75, 3.05) is 6.61 Å². The van der Waals surface area contributed by atoms with Crippen LogP contribution in [0, 0.1) is 0 Å². The highest BCUT2D eigenvalue weighted by Crippen LogP contribution is 2.28. The number of rotatable bonds is 4. The molecule has 2 rings (SSSR count). The van der Waals surface area contributed by atoms with Crippen LogP contribution in [-0.2, 0) is 14.6 Å². The molecule has 4 N–H and O–H groups in total. The fraction of sp³-hybridized carbons (Fsp3) is 0.154. The fourth-order valence-electron chi connectivity index (χ4n) is 1.89. The second-order valence-electron chi connectivity index (χ2n) is 4.33. The highest BCUT2D eigenvalue weighted by atomic mass is 32.2. The lowest BCUT2D eigenvalue weighted by Crippen LogP contribution is -2.57. The first-order chi connectivity index (χ1) is 9.34. The molecule has 0 bridgehead atoms. The molecule has 0 unspecified atom stereocenters. The van der Waals surface area contributed by atoms with Gasteiger partial charge in [0.1, 0.15) is 0 Å². The third kappa shape index (κ3) is 1.96. The van der Waals surface area contributed by atoms with Gasteiger partial charge in [-0.3, -0.25) is 0 Å². The molecule has 0 saturated carbocycles. The number of aliphatic hydroxyl groups is 1. The molecular formula is C13H13NO5S. The Hall–Kier alpha value is -1.96. The molecule has 0 amide bonds. The summed E-state index contributed by atoms with van der Waals surface area (Å²) in [5, 5.41) is 19.2. The highest BCUT2D eigenvalue weighted by Gasteiger charge is 2.48. The number of aliphatic carboxylic acids is 1. The zero-order valence-electron chi connectivity index (χ0n) is 10.4. The third-order valence-electron chi connectivity index (χ3n) is 3.12. The zero-order chi connectivity index (χ0) is 15.0. The number of sulfone groups is 1. The first-order valence-corrected chi connectivity index (χ1v) is 7.18. The van der Waals surface area contributed by atoms with Crippen molar-refractivity contribution in [2.45, 2.75) is 9.77 Å². The predicted molar refractivity (Wildman–Crippen MR) is 72.8 cm³/mol. The number of hydrogen-bond acceptors (Lipinski definition) is 5. The molecule has 1 atom stereocenters. The molecule has 2 aromatic rings. The summed E-state index contributed by atoms with van der Waals surface area (Å²) in [6, 6.07) is 11.1. The molecule has 7 heteroatoms. The number of carboxylic acid groups (broad SMARTS) is 1. The molecule has 0 aliphatic heterocycles. The van der Waals surface area contributed by atoms with Crippen molar-refractivity contribution in [3.05, 3.63) is 42.5 Å². The molecule has 0 heterocycles. The van der Waals surface area contributed by atoms with Gasteiger partial charge >= 0.3 is 5.97 Å². The van der Waals surface area contributed by atoms with E-state index in [1.165, 1.54) is 12.1 Å². The van der Waals surface area contributed by atoms with E-state index < -0.39 is 27.3 Å². The van der Waals surface area contributed by atoms with Crippen LogP contribution < -0.4 is 5.73 Å². The highest BCUT2D eigenvalue weighted by molar-refractivity contribution is 7.93. The normalized spacial score (nSPS) is 14.9. The molecule has 0 aliphatic rings. The maximum Gasteiger partial charge on any atom is 0.342 e. The predicted octanol–water partition coefficient (Wildman–Crippen LogP) is 0.345. The van der Waals surface area contributed by atoms with E-state index in [1.807, 2.05) is 0 Å². The van der Waals surface area contributed by atoms with E-state index in [0.29, 0.717) is 10.8 Å².